The highest BCUT2D eigenvalue weighted by molar-refractivity contribution is 5.85. The summed E-state index contributed by atoms with van der Waals surface area (Å²) in [4.78, 5) is 10.6. The van der Waals surface area contributed by atoms with Gasteiger partial charge >= 0.3 is 5.97 Å². The third-order valence-electron chi connectivity index (χ3n) is 2.18. The van der Waals surface area contributed by atoms with Gasteiger partial charge < -0.3 is 9.84 Å². The molecule has 1 aromatic rings. The molecule has 1 atom stereocenters. The maximum atomic E-state index is 10.6. The molecule has 0 saturated heterocycles. The smallest absolute Gasteiger partial charge is 0.331 e. The van der Waals surface area contributed by atoms with E-state index >= 15 is 0 Å². The lowest BCUT2D eigenvalue weighted by atomic mass is 10.2. The molecule has 0 aromatic heterocycles. The van der Waals surface area contributed by atoms with Crippen LogP contribution in [0.15, 0.2) is 42.0 Å². The lowest BCUT2D eigenvalue weighted by molar-refractivity contribution is -0.132. The van der Waals surface area contributed by atoms with Gasteiger partial charge in [-0.15, -0.1) is 0 Å². The van der Waals surface area contributed by atoms with Crippen LogP contribution in [0.4, 0.5) is 0 Å². The van der Waals surface area contributed by atoms with Gasteiger partial charge in [0.15, 0.2) is 0 Å². The van der Waals surface area contributed by atoms with Crippen LogP contribution in [0.25, 0.3) is 0 Å². The van der Waals surface area contributed by atoms with Crippen LogP contribution in [0.5, 0.6) is 0 Å². The van der Waals surface area contributed by atoms with Crippen LogP contribution in [0.3, 0.4) is 0 Å². The summed E-state index contributed by atoms with van der Waals surface area (Å²) in [6.07, 6.45) is 1.40. The molecule has 0 aliphatic rings. The third-order valence-corrected chi connectivity index (χ3v) is 2.18. The molecule has 0 amide bonds. The second-order valence-electron chi connectivity index (χ2n) is 3.66. The molecule has 0 heterocycles. The SMILES string of the molecule is CC(=CC(C)OCc1ccccc1)C(=O)O. The molecule has 3 heteroatoms. The average Bonchev–Trinajstić information content (AvgIpc) is 2.27. The number of carboxylic acids is 1. The standard InChI is InChI=1S/C13H16O3/c1-10(13(14)15)8-11(2)16-9-12-6-4-3-5-7-12/h3-8,11H,9H2,1-2H3,(H,14,15). The predicted octanol–water partition coefficient (Wildman–Crippen LogP) is 2.62. The third kappa shape index (κ3) is 4.28. The van der Waals surface area contributed by atoms with E-state index in [1.165, 1.54) is 0 Å². The zero-order chi connectivity index (χ0) is 12.0. The van der Waals surface area contributed by atoms with E-state index in [-0.39, 0.29) is 6.10 Å². The Morgan fingerprint density at radius 1 is 1.44 bits per heavy atom. The number of ether oxygens (including phenoxy) is 1. The Hall–Kier alpha value is -1.61. The van der Waals surface area contributed by atoms with Crippen molar-refractivity contribution < 1.29 is 14.6 Å². The Labute approximate surface area is 95.4 Å². The van der Waals surface area contributed by atoms with Gasteiger partial charge in [-0.25, -0.2) is 4.79 Å². The molecule has 0 saturated carbocycles. The van der Waals surface area contributed by atoms with Gasteiger partial charge in [0, 0.05) is 5.57 Å². The monoisotopic (exact) mass is 220 g/mol. The fourth-order valence-corrected chi connectivity index (χ4v) is 1.27. The van der Waals surface area contributed by atoms with E-state index in [0.717, 1.165) is 5.56 Å². The first-order chi connectivity index (χ1) is 7.59. The van der Waals surface area contributed by atoms with Crippen molar-refractivity contribution in [3.8, 4) is 0 Å². The maximum Gasteiger partial charge on any atom is 0.331 e. The Morgan fingerprint density at radius 2 is 2.06 bits per heavy atom. The predicted molar refractivity (Wildman–Crippen MR) is 62.1 cm³/mol. The van der Waals surface area contributed by atoms with E-state index in [0.29, 0.717) is 12.2 Å². The normalized spacial score (nSPS) is 13.5. The zero-order valence-electron chi connectivity index (χ0n) is 9.51. The van der Waals surface area contributed by atoms with Gasteiger partial charge in [0.25, 0.3) is 0 Å². The van der Waals surface area contributed by atoms with E-state index < -0.39 is 5.97 Å². The van der Waals surface area contributed by atoms with Gasteiger partial charge in [0.05, 0.1) is 12.7 Å². The number of rotatable bonds is 5. The second-order valence-corrected chi connectivity index (χ2v) is 3.66. The van der Waals surface area contributed by atoms with E-state index in [1.807, 2.05) is 37.3 Å². The first kappa shape index (κ1) is 12.5. The first-order valence-corrected chi connectivity index (χ1v) is 5.17. The van der Waals surface area contributed by atoms with Crippen molar-refractivity contribution in [2.24, 2.45) is 0 Å². The second kappa shape index (κ2) is 6.08. The first-order valence-electron chi connectivity index (χ1n) is 5.17. The Balaban J connectivity index is 2.45. The molecule has 0 aliphatic heterocycles. The summed E-state index contributed by atoms with van der Waals surface area (Å²) >= 11 is 0. The van der Waals surface area contributed by atoms with Gasteiger partial charge in [0.2, 0.25) is 0 Å². The van der Waals surface area contributed by atoms with Crippen molar-refractivity contribution in [3.05, 3.63) is 47.5 Å². The van der Waals surface area contributed by atoms with Gasteiger partial charge in [-0.2, -0.15) is 0 Å². The average molecular weight is 220 g/mol. The molecular formula is C13H16O3. The molecule has 0 bridgehead atoms. The van der Waals surface area contributed by atoms with Crippen LogP contribution in [0, 0.1) is 0 Å². The molecule has 16 heavy (non-hydrogen) atoms. The minimum Gasteiger partial charge on any atom is -0.478 e. The van der Waals surface area contributed by atoms with Gasteiger partial charge in [-0.05, 0) is 25.5 Å². The van der Waals surface area contributed by atoms with Crippen LogP contribution < -0.4 is 0 Å². The summed E-state index contributed by atoms with van der Waals surface area (Å²) in [7, 11) is 0. The molecule has 86 valence electrons. The van der Waals surface area contributed by atoms with Gasteiger partial charge in [0.1, 0.15) is 0 Å². The summed E-state index contributed by atoms with van der Waals surface area (Å²) in [5.74, 6) is -0.907. The van der Waals surface area contributed by atoms with Crippen LogP contribution in [-0.4, -0.2) is 17.2 Å². The lowest BCUT2D eigenvalue weighted by Gasteiger charge is -2.09. The molecule has 0 fully saturated rings. The van der Waals surface area contributed by atoms with Crippen LogP contribution in [-0.2, 0) is 16.1 Å². The number of aliphatic carboxylic acids is 1. The van der Waals surface area contributed by atoms with Crippen molar-refractivity contribution >= 4 is 5.97 Å². The summed E-state index contributed by atoms with van der Waals surface area (Å²) in [6, 6.07) is 9.78. The minimum absolute atomic E-state index is 0.198. The van der Waals surface area contributed by atoms with Crippen molar-refractivity contribution in [1.29, 1.82) is 0 Å². The number of hydrogen-bond donors (Lipinski definition) is 1. The molecule has 1 unspecified atom stereocenters. The quantitative estimate of drug-likeness (QED) is 0.776. The zero-order valence-corrected chi connectivity index (χ0v) is 9.51. The number of hydrogen-bond acceptors (Lipinski definition) is 2. The maximum absolute atomic E-state index is 10.6. The summed E-state index contributed by atoms with van der Waals surface area (Å²) in [5, 5.41) is 8.69. The molecular weight excluding hydrogens is 204 g/mol. The fraction of sp³-hybridized carbons (Fsp3) is 0.308. The Kier molecular flexibility index (Phi) is 4.73. The minimum atomic E-state index is -0.907. The van der Waals surface area contributed by atoms with E-state index in [2.05, 4.69) is 0 Å². The van der Waals surface area contributed by atoms with E-state index in [9.17, 15) is 4.79 Å². The van der Waals surface area contributed by atoms with Crippen molar-refractivity contribution in [3.63, 3.8) is 0 Å². The molecule has 0 aliphatic carbocycles. The van der Waals surface area contributed by atoms with Crippen LogP contribution >= 0.6 is 0 Å². The molecule has 0 spiro atoms. The highest BCUT2D eigenvalue weighted by Crippen LogP contribution is 2.05. The van der Waals surface area contributed by atoms with Gasteiger partial charge in [-0.3, -0.25) is 0 Å². The number of carboxylic acid groups (broad SMARTS) is 1. The van der Waals surface area contributed by atoms with E-state index in [1.54, 1.807) is 13.0 Å². The highest BCUT2D eigenvalue weighted by Gasteiger charge is 2.04. The Morgan fingerprint density at radius 3 is 2.62 bits per heavy atom. The molecule has 1 rings (SSSR count). The molecule has 3 nitrogen and oxygen atoms in total. The van der Waals surface area contributed by atoms with Crippen molar-refractivity contribution in [1.82, 2.24) is 0 Å². The van der Waals surface area contributed by atoms with Crippen LogP contribution in [0.2, 0.25) is 0 Å². The largest absolute Gasteiger partial charge is 0.478 e. The van der Waals surface area contributed by atoms with Crippen molar-refractivity contribution in [2.75, 3.05) is 0 Å². The van der Waals surface area contributed by atoms with Gasteiger partial charge in [-0.1, -0.05) is 30.3 Å². The topological polar surface area (TPSA) is 46.5 Å². The molecule has 1 N–H and O–H groups in total. The fourth-order valence-electron chi connectivity index (χ4n) is 1.27. The lowest BCUT2D eigenvalue weighted by Crippen LogP contribution is -2.08. The molecule has 1 aromatic carbocycles. The molecule has 0 radical (unpaired) electrons. The summed E-state index contributed by atoms with van der Waals surface area (Å²) in [6.45, 7) is 3.88. The highest BCUT2D eigenvalue weighted by atomic mass is 16.5. The van der Waals surface area contributed by atoms with Crippen molar-refractivity contribution in [2.45, 2.75) is 26.6 Å². The van der Waals surface area contributed by atoms with E-state index in [4.69, 9.17) is 9.84 Å². The van der Waals surface area contributed by atoms with Crippen LogP contribution in [0.1, 0.15) is 19.4 Å². The summed E-state index contributed by atoms with van der Waals surface area (Å²) in [5.41, 5.74) is 1.39. The number of benzene rings is 1. The number of carbonyl (C=O) groups is 1. The summed E-state index contributed by atoms with van der Waals surface area (Å²) < 4.78 is 5.51. The Bertz CT molecular complexity index is 368.